The number of benzene rings is 1. The summed E-state index contributed by atoms with van der Waals surface area (Å²) in [6.07, 6.45) is 4.10. The van der Waals surface area contributed by atoms with Crippen molar-refractivity contribution in [1.29, 1.82) is 0 Å². The molecule has 3 rings (SSSR count). The fourth-order valence-electron chi connectivity index (χ4n) is 3.93. The van der Waals surface area contributed by atoms with Crippen LogP contribution >= 0.6 is 0 Å². The maximum Gasteiger partial charge on any atom is 0.249 e. The normalized spacial score (nSPS) is 21.3. The predicted molar refractivity (Wildman–Crippen MR) is 108 cm³/mol. The number of rotatable bonds is 7. The van der Waals surface area contributed by atoms with Gasteiger partial charge in [-0.1, -0.05) is 24.6 Å². The van der Waals surface area contributed by atoms with Crippen molar-refractivity contribution in [2.24, 2.45) is 5.73 Å². The Bertz CT molecular complexity index is 795. The summed E-state index contributed by atoms with van der Waals surface area (Å²) in [6, 6.07) is 6.72. The lowest BCUT2D eigenvalue weighted by Gasteiger charge is -2.34. The highest BCUT2D eigenvalue weighted by Crippen LogP contribution is 2.36. The number of nitrogens with one attached hydrogen (secondary N) is 2. The molecule has 2 aliphatic heterocycles. The summed E-state index contributed by atoms with van der Waals surface area (Å²) >= 11 is 0. The number of hydrogen-bond acceptors (Lipinski definition) is 5. The van der Waals surface area contributed by atoms with E-state index in [-0.39, 0.29) is 24.1 Å². The van der Waals surface area contributed by atoms with Gasteiger partial charge >= 0.3 is 0 Å². The molecule has 4 N–H and O–H groups in total. The summed E-state index contributed by atoms with van der Waals surface area (Å²) in [6.45, 7) is 1.09. The third kappa shape index (κ3) is 5.00. The molecule has 4 amide bonds. The van der Waals surface area contributed by atoms with Crippen molar-refractivity contribution in [3.05, 3.63) is 29.8 Å². The van der Waals surface area contributed by atoms with Crippen molar-refractivity contribution in [1.82, 2.24) is 10.6 Å². The van der Waals surface area contributed by atoms with Crippen LogP contribution in [-0.4, -0.2) is 42.8 Å². The summed E-state index contributed by atoms with van der Waals surface area (Å²) in [5.41, 5.74) is 7.05. The largest absolute Gasteiger partial charge is 0.344 e. The zero-order valence-corrected chi connectivity index (χ0v) is 16.5. The Labute approximate surface area is 170 Å². The monoisotopic (exact) mass is 400 g/mol. The first kappa shape index (κ1) is 21.0. The van der Waals surface area contributed by atoms with E-state index in [2.05, 4.69) is 10.6 Å². The van der Waals surface area contributed by atoms with Crippen molar-refractivity contribution >= 4 is 29.3 Å². The molecule has 0 radical (unpaired) electrons. The molecular formula is C21H28N4O4. The molecule has 2 atom stereocenters. The molecule has 156 valence electrons. The molecule has 0 aromatic heterocycles. The second kappa shape index (κ2) is 9.65. The van der Waals surface area contributed by atoms with Crippen LogP contribution in [0.2, 0.25) is 0 Å². The molecule has 1 saturated heterocycles. The fraction of sp³-hybridized carbons (Fsp3) is 0.524. The molecule has 0 saturated carbocycles. The molecule has 8 heteroatoms. The Morgan fingerprint density at radius 2 is 1.93 bits per heavy atom. The fourth-order valence-corrected chi connectivity index (χ4v) is 3.93. The van der Waals surface area contributed by atoms with E-state index in [1.807, 2.05) is 24.3 Å². The number of carbonyl (C=O) groups is 4. The van der Waals surface area contributed by atoms with Gasteiger partial charge < -0.3 is 16.0 Å². The highest BCUT2D eigenvalue weighted by Gasteiger charge is 2.35. The average Bonchev–Trinajstić information content (AvgIpc) is 2.72. The minimum Gasteiger partial charge on any atom is -0.344 e. The van der Waals surface area contributed by atoms with E-state index in [1.54, 1.807) is 4.90 Å². The number of unbranched alkanes of at least 4 members (excludes halogenated alkanes) is 2. The van der Waals surface area contributed by atoms with Gasteiger partial charge in [0.25, 0.3) is 0 Å². The molecule has 1 fully saturated rings. The number of para-hydroxylation sites is 1. The van der Waals surface area contributed by atoms with E-state index in [9.17, 15) is 19.2 Å². The first-order valence-electron chi connectivity index (χ1n) is 10.2. The molecular weight excluding hydrogens is 372 g/mol. The highest BCUT2D eigenvalue weighted by atomic mass is 16.2. The maximum atomic E-state index is 12.9. The lowest BCUT2D eigenvalue weighted by molar-refractivity contribution is -0.137. The number of fused-ring (bicyclic) bond motifs is 1. The average molecular weight is 400 g/mol. The van der Waals surface area contributed by atoms with Crippen LogP contribution < -0.4 is 21.3 Å². The van der Waals surface area contributed by atoms with E-state index >= 15 is 0 Å². The Morgan fingerprint density at radius 1 is 1.14 bits per heavy atom. The number of piperidine rings is 1. The molecule has 0 aliphatic carbocycles. The van der Waals surface area contributed by atoms with Crippen molar-refractivity contribution in [3.8, 4) is 0 Å². The van der Waals surface area contributed by atoms with E-state index in [4.69, 9.17) is 5.73 Å². The van der Waals surface area contributed by atoms with Gasteiger partial charge in [0.05, 0.1) is 5.92 Å². The molecule has 0 bridgehead atoms. The van der Waals surface area contributed by atoms with E-state index in [0.717, 1.165) is 30.5 Å². The van der Waals surface area contributed by atoms with Crippen LogP contribution in [-0.2, 0) is 19.2 Å². The van der Waals surface area contributed by atoms with Gasteiger partial charge in [0, 0.05) is 25.1 Å². The van der Waals surface area contributed by atoms with Crippen LogP contribution in [0.5, 0.6) is 0 Å². The first-order valence-corrected chi connectivity index (χ1v) is 10.2. The summed E-state index contributed by atoms with van der Waals surface area (Å²) in [4.78, 5) is 50.6. The van der Waals surface area contributed by atoms with Gasteiger partial charge in [-0.15, -0.1) is 0 Å². The van der Waals surface area contributed by atoms with Gasteiger partial charge in [0.2, 0.25) is 23.6 Å². The van der Waals surface area contributed by atoms with Crippen molar-refractivity contribution in [3.63, 3.8) is 0 Å². The molecule has 2 heterocycles. The van der Waals surface area contributed by atoms with Crippen LogP contribution in [0.4, 0.5) is 5.69 Å². The Morgan fingerprint density at radius 3 is 2.69 bits per heavy atom. The highest BCUT2D eigenvalue weighted by molar-refractivity contribution is 6.02. The summed E-state index contributed by atoms with van der Waals surface area (Å²) in [5.74, 6) is -1.41. The van der Waals surface area contributed by atoms with Crippen LogP contribution in [0, 0.1) is 0 Å². The van der Waals surface area contributed by atoms with E-state index in [0.29, 0.717) is 32.4 Å². The molecule has 29 heavy (non-hydrogen) atoms. The van der Waals surface area contributed by atoms with Crippen molar-refractivity contribution < 1.29 is 19.2 Å². The van der Waals surface area contributed by atoms with Crippen LogP contribution in [0.15, 0.2) is 24.3 Å². The standard InChI is InChI=1S/C21H28N4O4/c22-12-5-1-2-8-19(27)25-13-11-15(14-6-3-4-7-17(14)25)20(28)23-16-9-10-18(26)24-21(16)29/h3-4,6-7,15-16H,1-2,5,8-13,22H2,(H,23,28)(H,24,26,29)/t15-,16+/m0/s1. The van der Waals surface area contributed by atoms with Gasteiger partial charge in [-0.05, 0) is 43.9 Å². The number of nitrogens with two attached hydrogens (primary N) is 1. The minimum atomic E-state index is -0.699. The van der Waals surface area contributed by atoms with Gasteiger partial charge in [-0.25, -0.2) is 0 Å². The molecule has 1 aromatic carbocycles. The Kier molecular flexibility index (Phi) is 6.98. The number of amides is 4. The summed E-state index contributed by atoms with van der Waals surface area (Å²) < 4.78 is 0. The van der Waals surface area contributed by atoms with Crippen molar-refractivity contribution in [2.75, 3.05) is 18.0 Å². The van der Waals surface area contributed by atoms with Crippen molar-refractivity contribution in [2.45, 2.75) is 56.9 Å². The molecule has 8 nitrogen and oxygen atoms in total. The van der Waals surface area contributed by atoms with E-state index < -0.39 is 17.9 Å². The minimum absolute atomic E-state index is 0.0542. The summed E-state index contributed by atoms with van der Waals surface area (Å²) in [7, 11) is 0. The number of imide groups is 1. The predicted octanol–water partition coefficient (Wildman–Crippen LogP) is 0.947. The third-order valence-corrected chi connectivity index (χ3v) is 5.51. The van der Waals surface area contributed by atoms with Gasteiger partial charge in [-0.2, -0.15) is 0 Å². The Hall–Kier alpha value is -2.74. The molecule has 1 aromatic rings. The molecule has 2 aliphatic rings. The lowest BCUT2D eigenvalue weighted by Crippen LogP contribution is -2.53. The topological polar surface area (TPSA) is 122 Å². The van der Waals surface area contributed by atoms with Gasteiger partial charge in [0.15, 0.2) is 0 Å². The number of carbonyl (C=O) groups excluding carboxylic acids is 4. The number of anilines is 1. The zero-order chi connectivity index (χ0) is 20.8. The number of hydrogen-bond donors (Lipinski definition) is 3. The molecule has 0 spiro atoms. The van der Waals surface area contributed by atoms with Gasteiger partial charge in [0.1, 0.15) is 6.04 Å². The van der Waals surface area contributed by atoms with Crippen LogP contribution in [0.3, 0.4) is 0 Å². The molecule has 0 unspecified atom stereocenters. The maximum absolute atomic E-state index is 12.9. The van der Waals surface area contributed by atoms with Crippen LogP contribution in [0.25, 0.3) is 0 Å². The summed E-state index contributed by atoms with van der Waals surface area (Å²) in [5, 5.41) is 5.03. The number of nitrogens with zero attached hydrogens (tertiary/aromatic N) is 1. The van der Waals surface area contributed by atoms with Crippen LogP contribution in [0.1, 0.15) is 56.4 Å². The van der Waals surface area contributed by atoms with Gasteiger partial charge in [-0.3, -0.25) is 24.5 Å². The van der Waals surface area contributed by atoms with E-state index in [1.165, 1.54) is 0 Å². The zero-order valence-electron chi connectivity index (χ0n) is 16.5. The second-order valence-electron chi connectivity index (χ2n) is 7.56. The smallest absolute Gasteiger partial charge is 0.249 e. The quantitative estimate of drug-likeness (QED) is 0.465. The first-order chi connectivity index (χ1) is 14.0. The SMILES string of the molecule is NCCCCCC(=O)N1CC[C@H](C(=O)N[C@@H]2CCC(=O)NC2=O)c2ccccc21. The Balaban J connectivity index is 1.68. The third-order valence-electron chi connectivity index (χ3n) is 5.51. The lowest BCUT2D eigenvalue weighted by atomic mass is 9.88. The second-order valence-corrected chi connectivity index (χ2v) is 7.56.